The number of rotatable bonds is 4. The molecule has 0 aromatic rings. The molecule has 0 aromatic heterocycles. The molecule has 0 unspecified atom stereocenters. The van der Waals surface area contributed by atoms with E-state index >= 15 is 0 Å². The molecule has 2 atom stereocenters. The first-order valence-electron chi connectivity index (χ1n) is 7.35. The molecule has 1 heteroatoms. The molecule has 0 spiro atoms. The zero-order valence-corrected chi connectivity index (χ0v) is 12.3. The molecule has 1 saturated carbocycles. The zero-order chi connectivity index (χ0) is 12.6. The van der Waals surface area contributed by atoms with E-state index < -0.39 is 0 Å². The molecule has 0 amide bonds. The molecule has 1 fully saturated rings. The van der Waals surface area contributed by atoms with Gasteiger partial charge in [-0.3, -0.25) is 0 Å². The standard InChI is InChI=1S/C13H27N.C2H6/c1-10(2)9-12-7-5-6-8-13(12)14-11(3)4;1-2/h10-14H,5-9H2,1-4H3;1-2H3/t12-,13+;/m0./s1. The van der Waals surface area contributed by atoms with Crippen LogP contribution in [-0.4, -0.2) is 12.1 Å². The van der Waals surface area contributed by atoms with Crippen molar-refractivity contribution >= 4 is 0 Å². The van der Waals surface area contributed by atoms with E-state index in [1.165, 1.54) is 32.1 Å². The Morgan fingerprint density at radius 3 is 2.06 bits per heavy atom. The highest BCUT2D eigenvalue weighted by atomic mass is 14.9. The fourth-order valence-corrected chi connectivity index (χ4v) is 2.74. The summed E-state index contributed by atoms with van der Waals surface area (Å²) in [7, 11) is 0. The summed E-state index contributed by atoms with van der Waals surface area (Å²) in [6.45, 7) is 13.2. The lowest BCUT2D eigenvalue weighted by molar-refractivity contribution is 0.219. The van der Waals surface area contributed by atoms with E-state index in [-0.39, 0.29) is 0 Å². The van der Waals surface area contributed by atoms with Gasteiger partial charge in [0.1, 0.15) is 0 Å². The third-order valence-electron chi connectivity index (χ3n) is 3.23. The van der Waals surface area contributed by atoms with Gasteiger partial charge in [-0.1, -0.05) is 54.4 Å². The first kappa shape index (κ1) is 16.0. The molecular weight excluding hydrogens is 194 g/mol. The van der Waals surface area contributed by atoms with E-state index in [1.807, 2.05) is 13.8 Å². The predicted molar refractivity (Wildman–Crippen MR) is 74.8 cm³/mol. The van der Waals surface area contributed by atoms with Crippen molar-refractivity contribution in [3.05, 3.63) is 0 Å². The van der Waals surface area contributed by atoms with E-state index in [2.05, 4.69) is 33.0 Å². The summed E-state index contributed by atoms with van der Waals surface area (Å²) in [5, 5.41) is 3.74. The highest BCUT2D eigenvalue weighted by Gasteiger charge is 2.25. The second-order valence-corrected chi connectivity index (χ2v) is 5.60. The van der Waals surface area contributed by atoms with Crippen LogP contribution in [0.15, 0.2) is 0 Å². The maximum Gasteiger partial charge on any atom is 0.00977 e. The van der Waals surface area contributed by atoms with Gasteiger partial charge in [0, 0.05) is 12.1 Å². The van der Waals surface area contributed by atoms with Crippen molar-refractivity contribution < 1.29 is 0 Å². The minimum Gasteiger partial charge on any atom is -0.312 e. The van der Waals surface area contributed by atoms with Crippen LogP contribution in [0, 0.1) is 11.8 Å². The maximum absolute atomic E-state index is 3.74. The largest absolute Gasteiger partial charge is 0.312 e. The van der Waals surface area contributed by atoms with Crippen LogP contribution >= 0.6 is 0 Å². The molecule has 0 radical (unpaired) electrons. The molecule has 1 rings (SSSR count). The minimum absolute atomic E-state index is 0.646. The molecule has 0 saturated heterocycles. The maximum atomic E-state index is 3.74. The van der Waals surface area contributed by atoms with E-state index in [9.17, 15) is 0 Å². The Bertz CT molecular complexity index is 134. The molecule has 1 aliphatic carbocycles. The highest BCUT2D eigenvalue weighted by molar-refractivity contribution is 4.82. The summed E-state index contributed by atoms with van der Waals surface area (Å²) >= 11 is 0. The zero-order valence-electron chi connectivity index (χ0n) is 12.3. The Kier molecular flexibility index (Phi) is 9.02. The lowest BCUT2D eigenvalue weighted by atomic mass is 9.79. The van der Waals surface area contributed by atoms with Gasteiger partial charge in [-0.2, -0.15) is 0 Å². The van der Waals surface area contributed by atoms with Gasteiger partial charge in [0.2, 0.25) is 0 Å². The van der Waals surface area contributed by atoms with Crippen LogP contribution in [0.1, 0.15) is 73.6 Å². The van der Waals surface area contributed by atoms with Crippen LogP contribution in [0.5, 0.6) is 0 Å². The Labute approximate surface area is 103 Å². The van der Waals surface area contributed by atoms with Crippen LogP contribution in [0.25, 0.3) is 0 Å². The molecule has 16 heavy (non-hydrogen) atoms. The molecule has 1 nitrogen and oxygen atoms in total. The average molecular weight is 227 g/mol. The van der Waals surface area contributed by atoms with Gasteiger partial charge in [0.05, 0.1) is 0 Å². The summed E-state index contributed by atoms with van der Waals surface area (Å²) in [4.78, 5) is 0. The summed E-state index contributed by atoms with van der Waals surface area (Å²) in [6, 6.07) is 1.44. The average Bonchev–Trinajstić information content (AvgIpc) is 2.22. The Balaban J connectivity index is 0.00000106. The normalized spacial score (nSPS) is 25.5. The third kappa shape index (κ3) is 6.52. The number of nitrogens with one attached hydrogen (secondary N) is 1. The van der Waals surface area contributed by atoms with Gasteiger partial charge in [0.15, 0.2) is 0 Å². The molecule has 0 aromatic carbocycles. The van der Waals surface area contributed by atoms with Crippen LogP contribution < -0.4 is 5.32 Å². The molecule has 0 bridgehead atoms. The van der Waals surface area contributed by atoms with Crippen molar-refractivity contribution in [2.75, 3.05) is 0 Å². The van der Waals surface area contributed by atoms with Crippen molar-refractivity contribution in [2.24, 2.45) is 11.8 Å². The monoisotopic (exact) mass is 227 g/mol. The first-order valence-corrected chi connectivity index (χ1v) is 7.35. The molecule has 1 aliphatic rings. The van der Waals surface area contributed by atoms with E-state index in [1.54, 1.807) is 0 Å². The van der Waals surface area contributed by atoms with Gasteiger partial charge in [0.25, 0.3) is 0 Å². The van der Waals surface area contributed by atoms with Gasteiger partial charge in [-0.15, -0.1) is 0 Å². The quantitative estimate of drug-likeness (QED) is 0.739. The molecule has 0 heterocycles. The molecule has 0 aliphatic heterocycles. The van der Waals surface area contributed by atoms with Crippen LogP contribution in [0.3, 0.4) is 0 Å². The second kappa shape index (κ2) is 9.04. The predicted octanol–water partition coefficient (Wildman–Crippen LogP) is 4.62. The Hall–Kier alpha value is -0.0400. The molecular formula is C15H33N. The van der Waals surface area contributed by atoms with Crippen molar-refractivity contribution in [1.82, 2.24) is 5.32 Å². The van der Waals surface area contributed by atoms with Gasteiger partial charge >= 0.3 is 0 Å². The lowest BCUT2D eigenvalue weighted by Crippen LogP contribution is -2.42. The Morgan fingerprint density at radius 1 is 1.00 bits per heavy atom. The first-order chi connectivity index (χ1) is 7.59. The lowest BCUT2D eigenvalue weighted by Gasteiger charge is -2.34. The summed E-state index contributed by atoms with van der Waals surface area (Å²) in [6.07, 6.45) is 7.13. The van der Waals surface area contributed by atoms with Crippen molar-refractivity contribution in [3.8, 4) is 0 Å². The van der Waals surface area contributed by atoms with Crippen LogP contribution in [-0.2, 0) is 0 Å². The van der Waals surface area contributed by atoms with Gasteiger partial charge in [-0.05, 0) is 31.1 Å². The highest BCUT2D eigenvalue weighted by Crippen LogP contribution is 2.29. The summed E-state index contributed by atoms with van der Waals surface area (Å²) in [5.41, 5.74) is 0. The number of hydrogen-bond acceptors (Lipinski definition) is 1. The SMILES string of the molecule is CC.CC(C)C[C@@H]1CCCC[C@H]1NC(C)C. The minimum atomic E-state index is 0.646. The second-order valence-electron chi connectivity index (χ2n) is 5.60. The fraction of sp³-hybridized carbons (Fsp3) is 1.00. The summed E-state index contributed by atoms with van der Waals surface area (Å²) < 4.78 is 0. The number of hydrogen-bond donors (Lipinski definition) is 1. The van der Waals surface area contributed by atoms with Crippen LogP contribution in [0.4, 0.5) is 0 Å². The van der Waals surface area contributed by atoms with Crippen LogP contribution in [0.2, 0.25) is 0 Å². The van der Waals surface area contributed by atoms with Crippen molar-refractivity contribution in [2.45, 2.75) is 85.7 Å². The molecule has 98 valence electrons. The fourth-order valence-electron chi connectivity index (χ4n) is 2.74. The Morgan fingerprint density at radius 2 is 1.56 bits per heavy atom. The van der Waals surface area contributed by atoms with E-state index in [0.717, 1.165) is 17.9 Å². The van der Waals surface area contributed by atoms with E-state index in [4.69, 9.17) is 0 Å². The van der Waals surface area contributed by atoms with Crippen molar-refractivity contribution in [3.63, 3.8) is 0 Å². The molecule has 1 N–H and O–H groups in total. The summed E-state index contributed by atoms with van der Waals surface area (Å²) in [5.74, 6) is 1.79. The van der Waals surface area contributed by atoms with Crippen molar-refractivity contribution in [1.29, 1.82) is 0 Å². The topological polar surface area (TPSA) is 12.0 Å². The third-order valence-corrected chi connectivity index (χ3v) is 3.23. The van der Waals surface area contributed by atoms with Gasteiger partial charge in [-0.25, -0.2) is 0 Å². The van der Waals surface area contributed by atoms with Gasteiger partial charge < -0.3 is 5.32 Å². The smallest absolute Gasteiger partial charge is 0.00977 e. The van der Waals surface area contributed by atoms with E-state index in [0.29, 0.717) is 6.04 Å².